The maximum atomic E-state index is 12.9. The van der Waals surface area contributed by atoms with Gasteiger partial charge in [0.05, 0.1) is 21.8 Å². The minimum atomic E-state index is -3.79. The smallest absolute Gasteiger partial charge is 0.268 e. The molecule has 1 atom stereocenters. The van der Waals surface area contributed by atoms with E-state index in [1.54, 1.807) is 43.5 Å². The van der Waals surface area contributed by atoms with Crippen LogP contribution >= 0.6 is 11.6 Å². The fourth-order valence-corrected chi connectivity index (χ4v) is 3.96. The number of hydrogen-bond acceptors (Lipinski definition) is 4. The second-order valence-corrected chi connectivity index (χ2v) is 7.75. The van der Waals surface area contributed by atoms with Crippen LogP contribution < -0.4 is 0 Å². The quantitative estimate of drug-likeness (QED) is 0.770. The van der Waals surface area contributed by atoms with Gasteiger partial charge in [-0.05, 0) is 32.0 Å². The number of nitrogens with zero attached hydrogens (tertiary/aromatic N) is 3. The summed E-state index contributed by atoms with van der Waals surface area (Å²) in [4.78, 5) is 0.171. The van der Waals surface area contributed by atoms with Gasteiger partial charge in [-0.1, -0.05) is 29.3 Å². The number of aromatic nitrogens is 3. The van der Waals surface area contributed by atoms with Gasteiger partial charge in [-0.2, -0.15) is 5.10 Å². The van der Waals surface area contributed by atoms with Crippen LogP contribution in [0, 0.1) is 6.92 Å². The molecule has 126 valence electrons. The lowest BCUT2D eigenvalue weighted by Crippen LogP contribution is -2.13. The Kier molecular flexibility index (Phi) is 4.25. The predicted molar refractivity (Wildman–Crippen MR) is 91.4 cm³/mol. The molecule has 0 fully saturated rings. The first-order valence-corrected chi connectivity index (χ1v) is 9.03. The van der Waals surface area contributed by atoms with Gasteiger partial charge < -0.3 is 5.11 Å². The van der Waals surface area contributed by atoms with Crippen LogP contribution in [0.3, 0.4) is 0 Å². The molecule has 0 amide bonds. The second kappa shape index (κ2) is 6.08. The molecule has 1 aromatic carbocycles. The van der Waals surface area contributed by atoms with Crippen molar-refractivity contribution in [1.82, 2.24) is 13.8 Å². The monoisotopic (exact) mass is 365 g/mol. The molecule has 0 aliphatic heterocycles. The van der Waals surface area contributed by atoms with Gasteiger partial charge in [-0.15, -0.1) is 0 Å². The first-order valence-electron chi connectivity index (χ1n) is 7.22. The average molecular weight is 366 g/mol. The Labute approximate surface area is 145 Å². The highest BCUT2D eigenvalue weighted by Crippen LogP contribution is 2.29. The maximum Gasteiger partial charge on any atom is 0.268 e. The molecule has 24 heavy (non-hydrogen) atoms. The Morgan fingerprint density at radius 3 is 2.46 bits per heavy atom. The minimum absolute atomic E-state index is 0.171. The molecular formula is C16H16ClN3O3S. The minimum Gasteiger partial charge on any atom is -0.372 e. The van der Waals surface area contributed by atoms with Crippen molar-refractivity contribution in [3.8, 4) is 11.3 Å². The zero-order valence-electron chi connectivity index (χ0n) is 13.1. The normalized spacial score (nSPS) is 13.2. The molecular weight excluding hydrogens is 350 g/mol. The summed E-state index contributed by atoms with van der Waals surface area (Å²) >= 11 is 6.04. The number of aryl methyl sites for hydroxylation is 1. The van der Waals surface area contributed by atoms with E-state index in [0.717, 1.165) is 9.54 Å². The second-order valence-electron chi connectivity index (χ2n) is 5.50. The van der Waals surface area contributed by atoms with Gasteiger partial charge in [-0.25, -0.2) is 17.1 Å². The first-order chi connectivity index (χ1) is 11.3. The van der Waals surface area contributed by atoms with Crippen LogP contribution in [0.25, 0.3) is 11.3 Å². The number of hydrogen-bond donors (Lipinski definition) is 1. The summed E-state index contributed by atoms with van der Waals surface area (Å²) in [5.74, 6) is 0. The highest BCUT2D eigenvalue weighted by Gasteiger charge is 2.22. The lowest BCUT2D eigenvalue weighted by Gasteiger charge is -2.10. The van der Waals surface area contributed by atoms with E-state index in [0.29, 0.717) is 16.3 Å². The van der Waals surface area contributed by atoms with Gasteiger partial charge in [0.2, 0.25) is 0 Å². The van der Waals surface area contributed by atoms with Crippen molar-refractivity contribution < 1.29 is 13.5 Å². The van der Waals surface area contributed by atoms with E-state index in [1.807, 2.05) is 6.92 Å². The van der Waals surface area contributed by atoms with Gasteiger partial charge in [0.25, 0.3) is 10.0 Å². The van der Waals surface area contributed by atoms with Crippen LogP contribution in [-0.4, -0.2) is 27.3 Å². The summed E-state index contributed by atoms with van der Waals surface area (Å²) in [6.07, 6.45) is 3.59. The van der Waals surface area contributed by atoms with E-state index in [4.69, 9.17) is 11.6 Å². The Bertz CT molecular complexity index is 972. The third-order valence-corrected chi connectivity index (χ3v) is 5.51. The number of aliphatic hydroxyl groups is 1. The molecule has 0 saturated carbocycles. The number of rotatable bonds is 4. The number of aliphatic hydroxyl groups excluding tert-OH is 1. The molecule has 1 N–H and O–H groups in total. The van der Waals surface area contributed by atoms with Crippen LogP contribution in [0.1, 0.15) is 18.7 Å². The van der Waals surface area contributed by atoms with E-state index in [9.17, 15) is 13.5 Å². The van der Waals surface area contributed by atoms with E-state index in [-0.39, 0.29) is 4.90 Å². The van der Waals surface area contributed by atoms with Crippen LogP contribution in [0.5, 0.6) is 0 Å². The van der Waals surface area contributed by atoms with Gasteiger partial charge in [-0.3, -0.25) is 0 Å². The molecule has 0 bridgehead atoms. The van der Waals surface area contributed by atoms with E-state index in [1.165, 1.54) is 17.1 Å². The average Bonchev–Trinajstić information content (AvgIpc) is 3.14. The third kappa shape index (κ3) is 2.98. The Hall–Kier alpha value is -2.09. The summed E-state index contributed by atoms with van der Waals surface area (Å²) in [5.41, 5.74) is 1.89. The van der Waals surface area contributed by atoms with Crippen molar-refractivity contribution in [3.63, 3.8) is 0 Å². The van der Waals surface area contributed by atoms with Crippen molar-refractivity contribution >= 4 is 21.6 Å². The summed E-state index contributed by atoms with van der Waals surface area (Å²) < 4.78 is 28.3. The molecule has 3 aromatic rings. The Morgan fingerprint density at radius 2 is 1.88 bits per heavy atom. The predicted octanol–water partition coefficient (Wildman–Crippen LogP) is 3.06. The number of benzene rings is 1. The van der Waals surface area contributed by atoms with E-state index < -0.39 is 16.3 Å². The van der Waals surface area contributed by atoms with Gasteiger partial charge in [0.15, 0.2) is 0 Å². The standard InChI is InChI=1S/C16H16ClN3O3S/c1-11-3-5-15(6-4-11)24(22,23)20-10-14(17)7-16(20)13-8-18-19(9-13)12(2)21/h3-10,12,21H,1-2H3. The van der Waals surface area contributed by atoms with E-state index >= 15 is 0 Å². The maximum absolute atomic E-state index is 12.9. The van der Waals surface area contributed by atoms with Gasteiger partial charge >= 0.3 is 0 Å². The number of halogens is 1. The summed E-state index contributed by atoms with van der Waals surface area (Å²) in [6, 6.07) is 8.14. The highest BCUT2D eigenvalue weighted by molar-refractivity contribution is 7.90. The lowest BCUT2D eigenvalue weighted by atomic mass is 10.2. The van der Waals surface area contributed by atoms with Crippen molar-refractivity contribution in [3.05, 3.63) is 59.5 Å². The van der Waals surface area contributed by atoms with Crippen LogP contribution in [0.4, 0.5) is 0 Å². The van der Waals surface area contributed by atoms with Gasteiger partial charge in [0, 0.05) is 18.0 Å². The lowest BCUT2D eigenvalue weighted by molar-refractivity contribution is 0.111. The third-order valence-electron chi connectivity index (χ3n) is 3.61. The molecule has 2 aromatic heterocycles. The van der Waals surface area contributed by atoms with Crippen LogP contribution in [0.15, 0.2) is 53.8 Å². The van der Waals surface area contributed by atoms with E-state index in [2.05, 4.69) is 5.10 Å². The summed E-state index contributed by atoms with van der Waals surface area (Å²) in [5, 5.41) is 13.9. The van der Waals surface area contributed by atoms with Gasteiger partial charge in [0.1, 0.15) is 6.23 Å². The molecule has 6 nitrogen and oxygen atoms in total. The molecule has 2 heterocycles. The summed E-state index contributed by atoms with van der Waals surface area (Å²) in [6.45, 7) is 3.45. The fourth-order valence-electron chi connectivity index (χ4n) is 2.32. The highest BCUT2D eigenvalue weighted by atomic mass is 35.5. The van der Waals surface area contributed by atoms with Crippen molar-refractivity contribution in [2.24, 2.45) is 0 Å². The Balaban J connectivity index is 2.13. The molecule has 0 aliphatic carbocycles. The largest absolute Gasteiger partial charge is 0.372 e. The first kappa shape index (κ1) is 16.8. The molecule has 8 heteroatoms. The zero-order valence-corrected chi connectivity index (χ0v) is 14.7. The van der Waals surface area contributed by atoms with Crippen molar-refractivity contribution in [2.75, 3.05) is 0 Å². The topological polar surface area (TPSA) is 77.1 Å². The summed E-state index contributed by atoms with van der Waals surface area (Å²) in [7, 11) is -3.79. The van der Waals surface area contributed by atoms with Crippen LogP contribution in [-0.2, 0) is 10.0 Å². The molecule has 0 aliphatic rings. The molecule has 0 radical (unpaired) electrons. The van der Waals surface area contributed by atoms with Crippen molar-refractivity contribution in [2.45, 2.75) is 25.0 Å². The molecule has 1 unspecified atom stereocenters. The fraction of sp³-hybridized carbons (Fsp3) is 0.188. The van der Waals surface area contributed by atoms with Crippen LogP contribution in [0.2, 0.25) is 5.02 Å². The SMILES string of the molecule is Cc1ccc(S(=O)(=O)n2cc(Cl)cc2-c2cnn(C(C)O)c2)cc1. The Morgan fingerprint density at radius 1 is 1.21 bits per heavy atom. The zero-order chi connectivity index (χ0) is 17.5. The molecule has 3 rings (SSSR count). The molecule has 0 saturated heterocycles. The molecule has 0 spiro atoms. The van der Waals surface area contributed by atoms with Crippen molar-refractivity contribution in [1.29, 1.82) is 0 Å².